The summed E-state index contributed by atoms with van der Waals surface area (Å²) in [5, 5.41) is 11.0. The SMILES string of the molecule is CNC(=O)CCNS(=O)(=O)c1ccc(CC(=O)O)s1. The van der Waals surface area contributed by atoms with Gasteiger partial charge in [-0.2, -0.15) is 0 Å². The molecular formula is C10H14N2O5S2. The molecule has 0 bridgehead atoms. The molecule has 0 spiro atoms. The highest BCUT2D eigenvalue weighted by atomic mass is 32.2. The molecule has 1 rings (SSSR count). The Balaban J connectivity index is 2.64. The Bertz CT molecular complexity index is 564. The van der Waals surface area contributed by atoms with E-state index in [-0.39, 0.29) is 29.5 Å². The van der Waals surface area contributed by atoms with Crippen molar-refractivity contribution in [3.63, 3.8) is 0 Å². The number of aliphatic carboxylic acids is 1. The van der Waals surface area contributed by atoms with Crippen LogP contribution < -0.4 is 10.0 Å². The summed E-state index contributed by atoms with van der Waals surface area (Å²) in [4.78, 5) is 21.9. The first-order valence-corrected chi connectivity index (χ1v) is 7.66. The Morgan fingerprint density at radius 1 is 1.37 bits per heavy atom. The summed E-state index contributed by atoms with van der Waals surface area (Å²) >= 11 is 0.901. The van der Waals surface area contributed by atoms with Gasteiger partial charge in [-0.05, 0) is 12.1 Å². The van der Waals surface area contributed by atoms with Crippen LogP contribution in [0, 0.1) is 0 Å². The van der Waals surface area contributed by atoms with Crippen LogP contribution in [0.15, 0.2) is 16.3 Å². The average Bonchev–Trinajstić information content (AvgIpc) is 2.76. The summed E-state index contributed by atoms with van der Waals surface area (Å²) in [6.07, 6.45) is -0.165. The zero-order chi connectivity index (χ0) is 14.5. The molecule has 0 unspecified atom stereocenters. The van der Waals surface area contributed by atoms with Gasteiger partial charge in [-0.15, -0.1) is 11.3 Å². The van der Waals surface area contributed by atoms with Crippen LogP contribution in [0.5, 0.6) is 0 Å². The molecule has 7 nitrogen and oxygen atoms in total. The molecule has 0 aliphatic heterocycles. The van der Waals surface area contributed by atoms with Gasteiger partial charge in [-0.1, -0.05) is 0 Å². The van der Waals surface area contributed by atoms with Crippen LogP contribution in [0.4, 0.5) is 0 Å². The third-order valence-corrected chi connectivity index (χ3v) is 5.19. The number of hydrogen-bond acceptors (Lipinski definition) is 5. The van der Waals surface area contributed by atoms with Gasteiger partial charge in [0.1, 0.15) is 4.21 Å². The van der Waals surface area contributed by atoms with Crippen molar-refractivity contribution in [2.24, 2.45) is 0 Å². The second-order valence-corrected chi connectivity index (χ2v) is 6.77. The van der Waals surface area contributed by atoms with Crippen LogP contribution in [0.1, 0.15) is 11.3 Å². The van der Waals surface area contributed by atoms with Crippen molar-refractivity contribution < 1.29 is 23.1 Å². The maximum atomic E-state index is 11.8. The third-order valence-electron chi connectivity index (χ3n) is 2.15. The van der Waals surface area contributed by atoms with Gasteiger partial charge in [0.05, 0.1) is 6.42 Å². The van der Waals surface area contributed by atoms with Gasteiger partial charge in [0.15, 0.2) is 0 Å². The molecule has 106 valence electrons. The molecule has 1 heterocycles. The lowest BCUT2D eigenvalue weighted by atomic mass is 10.3. The average molecular weight is 306 g/mol. The molecular weight excluding hydrogens is 292 g/mol. The lowest BCUT2D eigenvalue weighted by molar-refractivity contribution is -0.136. The Morgan fingerprint density at radius 2 is 2.05 bits per heavy atom. The van der Waals surface area contributed by atoms with Crippen LogP contribution in [0.25, 0.3) is 0 Å². The second-order valence-electron chi connectivity index (χ2n) is 3.61. The first-order valence-electron chi connectivity index (χ1n) is 5.36. The van der Waals surface area contributed by atoms with Crippen molar-refractivity contribution in [3.8, 4) is 0 Å². The lowest BCUT2D eigenvalue weighted by Crippen LogP contribution is -2.28. The minimum Gasteiger partial charge on any atom is -0.481 e. The molecule has 0 fully saturated rings. The van der Waals surface area contributed by atoms with Crippen molar-refractivity contribution in [1.82, 2.24) is 10.0 Å². The van der Waals surface area contributed by atoms with Gasteiger partial charge in [0.25, 0.3) is 0 Å². The number of carboxylic acid groups (broad SMARTS) is 1. The van der Waals surface area contributed by atoms with Crippen molar-refractivity contribution in [2.45, 2.75) is 17.1 Å². The summed E-state index contributed by atoms with van der Waals surface area (Å²) in [6, 6.07) is 2.82. The molecule has 1 aromatic rings. The fourth-order valence-electron chi connectivity index (χ4n) is 1.24. The number of amides is 1. The number of thiophene rings is 1. The van der Waals surface area contributed by atoms with Gasteiger partial charge >= 0.3 is 5.97 Å². The van der Waals surface area contributed by atoms with Crippen molar-refractivity contribution in [2.75, 3.05) is 13.6 Å². The molecule has 1 amide bonds. The van der Waals surface area contributed by atoms with E-state index in [0.29, 0.717) is 4.88 Å². The maximum Gasteiger partial charge on any atom is 0.308 e. The van der Waals surface area contributed by atoms with E-state index in [0.717, 1.165) is 11.3 Å². The van der Waals surface area contributed by atoms with E-state index >= 15 is 0 Å². The number of rotatable bonds is 7. The predicted molar refractivity (Wildman–Crippen MR) is 69.5 cm³/mol. The quantitative estimate of drug-likeness (QED) is 0.645. The normalized spacial score (nSPS) is 11.2. The number of sulfonamides is 1. The number of nitrogens with one attached hydrogen (secondary N) is 2. The zero-order valence-electron chi connectivity index (χ0n) is 10.2. The summed E-state index contributed by atoms with van der Waals surface area (Å²) < 4.78 is 26.0. The van der Waals surface area contributed by atoms with Gasteiger partial charge in [-0.3, -0.25) is 9.59 Å². The van der Waals surface area contributed by atoms with Gasteiger partial charge in [-0.25, -0.2) is 13.1 Å². The molecule has 0 aliphatic carbocycles. The van der Waals surface area contributed by atoms with E-state index in [1.165, 1.54) is 19.2 Å². The molecule has 0 saturated carbocycles. The predicted octanol–water partition coefficient (Wildman–Crippen LogP) is -0.210. The summed E-state index contributed by atoms with van der Waals surface area (Å²) in [7, 11) is -2.22. The largest absolute Gasteiger partial charge is 0.481 e. The van der Waals surface area contributed by atoms with Crippen LogP contribution in [-0.2, 0) is 26.0 Å². The molecule has 0 atom stereocenters. The zero-order valence-corrected chi connectivity index (χ0v) is 11.8. The number of hydrogen-bond donors (Lipinski definition) is 3. The van der Waals surface area contributed by atoms with Crippen LogP contribution >= 0.6 is 11.3 Å². The van der Waals surface area contributed by atoms with E-state index in [9.17, 15) is 18.0 Å². The van der Waals surface area contributed by atoms with Crippen LogP contribution in [0.3, 0.4) is 0 Å². The molecule has 0 radical (unpaired) electrons. The van der Waals surface area contributed by atoms with E-state index in [1.54, 1.807) is 0 Å². The first kappa shape index (κ1) is 15.6. The minimum atomic E-state index is -3.68. The molecule has 1 aromatic heterocycles. The second kappa shape index (κ2) is 6.64. The molecule has 3 N–H and O–H groups in total. The van der Waals surface area contributed by atoms with Gasteiger partial charge in [0, 0.05) is 24.9 Å². The fourth-order valence-corrected chi connectivity index (χ4v) is 3.66. The van der Waals surface area contributed by atoms with Crippen molar-refractivity contribution in [3.05, 3.63) is 17.0 Å². The highest BCUT2D eigenvalue weighted by Crippen LogP contribution is 2.21. The summed E-state index contributed by atoms with van der Waals surface area (Å²) in [5.74, 6) is -1.28. The van der Waals surface area contributed by atoms with E-state index < -0.39 is 16.0 Å². The van der Waals surface area contributed by atoms with Crippen molar-refractivity contribution >= 4 is 33.2 Å². The Hall–Kier alpha value is -1.45. The number of carbonyl (C=O) groups is 2. The highest BCUT2D eigenvalue weighted by molar-refractivity contribution is 7.91. The number of carbonyl (C=O) groups excluding carboxylic acids is 1. The van der Waals surface area contributed by atoms with Crippen LogP contribution in [0.2, 0.25) is 0 Å². The summed E-state index contributed by atoms with van der Waals surface area (Å²) in [6.45, 7) is -0.00578. The van der Waals surface area contributed by atoms with Crippen molar-refractivity contribution in [1.29, 1.82) is 0 Å². The Labute approximate surface area is 114 Å². The van der Waals surface area contributed by atoms with Crippen LogP contribution in [-0.4, -0.2) is 39.0 Å². The van der Waals surface area contributed by atoms with Gasteiger partial charge < -0.3 is 10.4 Å². The fraction of sp³-hybridized carbons (Fsp3) is 0.400. The molecule has 9 heteroatoms. The minimum absolute atomic E-state index is 0.00578. The standard InChI is InChI=1S/C10H14N2O5S2/c1-11-8(13)4-5-12-19(16,17)10-3-2-7(18-10)6-9(14)15/h2-3,12H,4-6H2,1H3,(H,11,13)(H,14,15). The third kappa shape index (κ3) is 4.97. The lowest BCUT2D eigenvalue weighted by Gasteiger charge is -2.03. The Morgan fingerprint density at radius 3 is 2.63 bits per heavy atom. The molecule has 19 heavy (non-hydrogen) atoms. The van der Waals surface area contributed by atoms with Gasteiger partial charge in [0.2, 0.25) is 15.9 Å². The topological polar surface area (TPSA) is 113 Å². The van der Waals surface area contributed by atoms with E-state index in [2.05, 4.69) is 10.0 Å². The molecule has 0 aromatic carbocycles. The summed E-state index contributed by atoms with van der Waals surface area (Å²) in [5.41, 5.74) is 0. The number of carboxylic acids is 1. The Kier molecular flexibility index (Phi) is 5.45. The highest BCUT2D eigenvalue weighted by Gasteiger charge is 2.17. The smallest absolute Gasteiger partial charge is 0.308 e. The first-order chi connectivity index (χ1) is 8.85. The van der Waals surface area contributed by atoms with E-state index in [1.807, 2.05) is 0 Å². The molecule has 0 saturated heterocycles. The van der Waals surface area contributed by atoms with E-state index in [4.69, 9.17) is 5.11 Å². The monoisotopic (exact) mass is 306 g/mol. The maximum absolute atomic E-state index is 11.8. The molecule has 0 aliphatic rings.